The first kappa shape index (κ1) is 12.1. The van der Waals surface area contributed by atoms with Crippen molar-refractivity contribution in [2.24, 2.45) is 0 Å². The number of phenolic OH excluding ortho intramolecular Hbond substituents is 1. The molecule has 0 aliphatic carbocycles. The van der Waals surface area contributed by atoms with Gasteiger partial charge in [-0.3, -0.25) is 4.79 Å². The van der Waals surface area contributed by atoms with E-state index in [1.165, 1.54) is 37.4 Å². The van der Waals surface area contributed by atoms with Crippen LogP contribution in [0, 0.1) is 5.82 Å². The number of halogens is 1. The van der Waals surface area contributed by atoms with Crippen LogP contribution in [-0.4, -0.2) is 18.5 Å². The summed E-state index contributed by atoms with van der Waals surface area (Å²) in [5, 5.41) is 9.99. The molecule has 1 N–H and O–H groups in total. The van der Waals surface area contributed by atoms with Gasteiger partial charge < -0.3 is 9.84 Å². The third kappa shape index (κ3) is 2.18. The number of phenols is 1. The number of carbonyl (C=O) groups excluding carboxylic acids is 1. The van der Waals surface area contributed by atoms with Crippen LogP contribution in [0.1, 0.15) is 10.4 Å². The molecule has 2 aromatic carbocycles. The Balaban J connectivity index is 2.66. The predicted molar refractivity (Wildman–Crippen MR) is 65.4 cm³/mol. The number of ether oxygens (including phenoxy) is 1. The summed E-state index contributed by atoms with van der Waals surface area (Å²) in [6.45, 7) is 0. The second-order valence-electron chi connectivity index (χ2n) is 3.75. The maximum atomic E-state index is 13.2. The molecule has 2 rings (SSSR count). The van der Waals surface area contributed by atoms with Crippen molar-refractivity contribution in [3.63, 3.8) is 0 Å². The van der Waals surface area contributed by atoms with Crippen LogP contribution in [0.25, 0.3) is 11.1 Å². The highest BCUT2D eigenvalue weighted by molar-refractivity contribution is 5.83. The minimum atomic E-state index is -0.414. The minimum absolute atomic E-state index is 0.117. The molecule has 0 saturated heterocycles. The molecule has 0 fully saturated rings. The maximum Gasteiger partial charge on any atom is 0.165 e. The molecule has 0 aliphatic rings. The van der Waals surface area contributed by atoms with Crippen molar-refractivity contribution < 1.29 is 19.0 Å². The van der Waals surface area contributed by atoms with Crippen molar-refractivity contribution in [1.82, 2.24) is 0 Å². The molecule has 0 unspecified atom stereocenters. The lowest BCUT2D eigenvalue weighted by molar-refractivity contribution is 0.112. The van der Waals surface area contributed by atoms with Gasteiger partial charge in [-0.05, 0) is 29.8 Å². The highest BCUT2D eigenvalue weighted by atomic mass is 19.1. The SMILES string of the molecule is COc1cc(C=O)cc(-c2cccc(F)c2)c1O. The van der Waals surface area contributed by atoms with Gasteiger partial charge in [0.05, 0.1) is 7.11 Å². The quantitative estimate of drug-likeness (QED) is 0.847. The van der Waals surface area contributed by atoms with Gasteiger partial charge in [-0.1, -0.05) is 12.1 Å². The number of benzene rings is 2. The molecule has 0 atom stereocenters. The molecule has 0 saturated carbocycles. The summed E-state index contributed by atoms with van der Waals surface area (Å²) in [4.78, 5) is 10.8. The fourth-order valence-corrected chi connectivity index (χ4v) is 1.73. The molecule has 0 bridgehead atoms. The van der Waals surface area contributed by atoms with E-state index >= 15 is 0 Å². The molecule has 92 valence electrons. The van der Waals surface area contributed by atoms with Crippen LogP contribution in [-0.2, 0) is 0 Å². The Morgan fingerprint density at radius 1 is 1.28 bits per heavy atom. The van der Waals surface area contributed by atoms with Crippen molar-refractivity contribution in [3.8, 4) is 22.6 Å². The molecule has 0 amide bonds. The van der Waals surface area contributed by atoms with Crippen molar-refractivity contribution in [3.05, 3.63) is 47.8 Å². The third-order valence-electron chi connectivity index (χ3n) is 2.59. The van der Waals surface area contributed by atoms with Crippen LogP contribution in [0.15, 0.2) is 36.4 Å². The zero-order chi connectivity index (χ0) is 13.1. The zero-order valence-corrected chi connectivity index (χ0v) is 9.68. The van der Waals surface area contributed by atoms with E-state index in [0.717, 1.165) is 0 Å². The van der Waals surface area contributed by atoms with Gasteiger partial charge in [-0.15, -0.1) is 0 Å². The van der Waals surface area contributed by atoms with Gasteiger partial charge in [0.2, 0.25) is 0 Å². The Hall–Kier alpha value is -2.36. The Labute approximate surface area is 103 Å². The van der Waals surface area contributed by atoms with Crippen LogP contribution >= 0.6 is 0 Å². The Morgan fingerprint density at radius 2 is 2.06 bits per heavy atom. The van der Waals surface area contributed by atoms with Crippen LogP contribution < -0.4 is 4.74 Å². The van der Waals surface area contributed by atoms with E-state index in [1.807, 2.05) is 0 Å². The average Bonchev–Trinajstić information content (AvgIpc) is 2.39. The van der Waals surface area contributed by atoms with Gasteiger partial charge in [-0.25, -0.2) is 4.39 Å². The molecule has 0 aromatic heterocycles. The lowest BCUT2D eigenvalue weighted by atomic mass is 10.0. The highest BCUT2D eigenvalue weighted by Crippen LogP contribution is 2.38. The maximum absolute atomic E-state index is 13.2. The molecular formula is C14H11FO3. The first-order valence-corrected chi connectivity index (χ1v) is 5.28. The number of hydrogen-bond acceptors (Lipinski definition) is 3. The standard InChI is InChI=1S/C14H11FO3/c1-18-13-6-9(8-16)5-12(14(13)17)10-3-2-4-11(15)7-10/h2-8,17H,1H3. The first-order valence-electron chi connectivity index (χ1n) is 5.28. The molecule has 3 nitrogen and oxygen atoms in total. The number of methoxy groups -OCH3 is 1. The van der Waals surface area contributed by atoms with Crippen molar-refractivity contribution in [2.45, 2.75) is 0 Å². The van der Waals surface area contributed by atoms with E-state index < -0.39 is 5.82 Å². The van der Waals surface area contributed by atoms with Crippen LogP contribution in [0.5, 0.6) is 11.5 Å². The van der Waals surface area contributed by atoms with Crippen molar-refractivity contribution >= 4 is 6.29 Å². The fourth-order valence-electron chi connectivity index (χ4n) is 1.73. The van der Waals surface area contributed by atoms with Gasteiger partial charge in [-0.2, -0.15) is 0 Å². The Morgan fingerprint density at radius 3 is 2.67 bits per heavy atom. The molecule has 0 aliphatic heterocycles. The molecular weight excluding hydrogens is 235 g/mol. The van der Waals surface area contributed by atoms with E-state index in [0.29, 0.717) is 23.0 Å². The van der Waals surface area contributed by atoms with Gasteiger partial charge in [0.1, 0.15) is 12.1 Å². The topological polar surface area (TPSA) is 46.5 Å². The van der Waals surface area contributed by atoms with Crippen LogP contribution in [0.2, 0.25) is 0 Å². The second kappa shape index (κ2) is 4.87. The van der Waals surface area contributed by atoms with Crippen LogP contribution in [0.4, 0.5) is 4.39 Å². The molecule has 4 heteroatoms. The molecule has 0 heterocycles. The van der Waals surface area contributed by atoms with Crippen molar-refractivity contribution in [2.75, 3.05) is 7.11 Å². The van der Waals surface area contributed by atoms with E-state index in [4.69, 9.17) is 4.74 Å². The third-order valence-corrected chi connectivity index (χ3v) is 2.59. The van der Waals surface area contributed by atoms with E-state index in [1.54, 1.807) is 6.07 Å². The second-order valence-corrected chi connectivity index (χ2v) is 3.75. The van der Waals surface area contributed by atoms with E-state index in [-0.39, 0.29) is 11.5 Å². The summed E-state index contributed by atoms with van der Waals surface area (Å²) in [7, 11) is 1.39. The van der Waals surface area contributed by atoms with Gasteiger partial charge in [0, 0.05) is 11.1 Å². The molecule has 0 radical (unpaired) electrons. The first-order chi connectivity index (χ1) is 8.65. The largest absolute Gasteiger partial charge is 0.504 e. The number of rotatable bonds is 3. The van der Waals surface area contributed by atoms with Gasteiger partial charge in [0.15, 0.2) is 11.5 Å². The monoisotopic (exact) mass is 246 g/mol. The summed E-state index contributed by atoms with van der Waals surface area (Å²) in [5.74, 6) is -0.352. The molecule has 0 spiro atoms. The molecule has 2 aromatic rings. The zero-order valence-electron chi connectivity index (χ0n) is 9.68. The predicted octanol–water partition coefficient (Wildman–Crippen LogP) is 3.02. The van der Waals surface area contributed by atoms with Crippen LogP contribution in [0.3, 0.4) is 0 Å². The number of aromatic hydroxyl groups is 1. The lowest BCUT2D eigenvalue weighted by Gasteiger charge is -2.10. The van der Waals surface area contributed by atoms with Gasteiger partial charge >= 0.3 is 0 Å². The summed E-state index contributed by atoms with van der Waals surface area (Å²) in [6, 6.07) is 8.67. The minimum Gasteiger partial charge on any atom is -0.504 e. The number of carbonyl (C=O) groups is 1. The van der Waals surface area contributed by atoms with Gasteiger partial charge in [0.25, 0.3) is 0 Å². The summed E-state index contributed by atoms with van der Waals surface area (Å²) in [5.41, 5.74) is 1.19. The highest BCUT2D eigenvalue weighted by Gasteiger charge is 2.12. The Kier molecular flexibility index (Phi) is 3.28. The Bertz CT molecular complexity index is 594. The summed E-state index contributed by atoms with van der Waals surface area (Å²) >= 11 is 0. The normalized spacial score (nSPS) is 10.1. The van der Waals surface area contributed by atoms with Crippen molar-refractivity contribution in [1.29, 1.82) is 0 Å². The smallest absolute Gasteiger partial charge is 0.165 e. The average molecular weight is 246 g/mol. The number of aldehydes is 1. The lowest BCUT2D eigenvalue weighted by Crippen LogP contribution is -1.91. The molecule has 18 heavy (non-hydrogen) atoms. The van der Waals surface area contributed by atoms with E-state index in [9.17, 15) is 14.3 Å². The number of hydrogen-bond donors (Lipinski definition) is 1. The van der Waals surface area contributed by atoms with E-state index in [2.05, 4.69) is 0 Å². The fraction of sp³-hybridized carbons (Fsp3) is 0.0714. The summed E-state index contributed by atoms with van der Waals surface area (Å²) < 4.78 is 18.1. The summed E-state index contributed by atoms with van der Waals surface area (Å²) in [6.07, 6.45) is 0.644.